The number of aliphatic carboxylic acids is 2. The summed E-state index contributed by atoms with van der Waals surface area (Å²) in [6.45, 7) is 3.21. The SMILES string of the molecule is CCCCC(NC(=O)CCc1ccc(CC(=O)O)cc1)C(=O)NCC(=O)NC(Cc1c[nH]c2ccccc12)C(=O)NC(CCCC)C(=O)NC(CC(=O)O)C(=O)NC(Cc1ccccc1)C(N)=O. The van der Waals surface area contributed by atoms with Crippen LogP contribution in [0.25, 0.3) is 10.9 Å². The minimum Gasteiger partial charge on any atom is -0.481 e. The molecule has 3 aromatic carbocycles. The minimum absolute atomic E-state index is 0.00466. The van der Waals surface area contributed by atoms with Gasteiger partial charge in [-0.05, 0) is 47.6 Å². The Bertz CT molecular complexity index is 2370. The number of unbranched alkanes of at least 4 members (excludes halogenated alkanes) is 2. The van der Waals surface area contributed by atoms with Crippen LogP contribution in [0.5, 0.6) is 0 Å². The number of aromatic amines is 1. The molecule has 0 spiro atoms. The van der Waals surface area contributed by atoms with Crippen molar-refractivity contribution < 1.29 is 53.4 Å². The van der Waals surface area contributed by atoms with E-state index in [2.05, 4.69) is 36.9 Å². The van der Waals surface area contributed by atoms with Gasteiger partial charge >= 0.3 is 11.9 Å². The third kappa shape index (κ3) is 17.7. The number of H-pyrrole nitrogens is 1. The molecule has 11 N–H and O–H groups in total. The summed E-state index contributed by atoms with van der Waals surface area (Å²) < 4.78 is 0. The van der Waals surface area contributed by atoms with E-state index in [1.54, 1.807) is 66.9 Å². The molecule has 364 valence electrons. The Morgan fingerprint density at radius 2 is 1.13 bits per heavy atom. The Morgan fingerprint density at radius 3 is 1.76 bits per heavy atom. The van der Waals surface area contributed by atoms with Gasteiger partial charge in [-0.1, -0.05) is 112 Å². The molecule has 0 aliphatic carbocycles. The van der Waals surface area contributed by atoms with E-state index in [0.717, 1.165) is 22.9 Å². The number of rotatable bonds is 29. The Morgan fingerprint density at radius 1 is 0.574 bits per heavy atom. The highest BCUT2D eigenvalue weighted by molar-refractivity contribution is 5.97. The molecule has 0 aliphatic heterocycles. The summed E-state index contributed by atoms with van der Waals surface area (Å²) in [6.07, 6.45) is 3.75. The first kappa shape index (κ1) is 53.0. The topological polar surface area (TPSA) is 308 Å². The predicted molar refractivity (Wildman–Crippen MR) is 251 cm³/mol. The van der Waals surface area contributed by atoms with E-state index in [4.69, 9.17) is 10.8 Å². The van der Waals surface area contributed by atoms with Crippen LogP contribution < -0.4 is 37.6 Å². The molecule has 0 saturated heterocycles. The van der Waals surface area contributed by atoms with Crippen molar-refractivity contribution in [2.75, 3.05) is 6.54 Å². The van der Waals surface area contributed by atoms with Gasteiger partial charge in [-0.3, -0.25) is 43.2 Å². The highest BCUT2D eigenvalue weighted by Crippen LogP contribution is 2.20. The van der Waals surface area contributed by atoms with Gasteiger partial charge in [0.15, 0.2) is 0 Å². The first-order valence-electron chi connectivity index (χ1n) is 22.7. The smallest absolute Gasteiger partial charge is 0.307 e. The standard InChI is InChI=1S/C49H62N8O11/c1-3-5-15-36(53-41(58)23-22-30-18-20-32(21-19-30)25-43(60)61)46(65)52-29-42(59)54-39(26-33-28-51-35-17-11-10-14-34(33)35)48(67)55-37(16-6-4-2)47(66)57-40(27-44(62)63)49(68)56-38(45(50)64)24-31-12-8-7-9-13-31/h7-14,17-21,28,36-40,51H,3-6,15-16,22-27,29H2,1-2H3,(H2,50,64)(H,52,65)(H,53,58)(H,54,59)(H,55,67)(H,56,68)(H,57,66)(H,60,61)(H,62,63). The third-order valence-electron chi connectivity index (χ3n) is 11.1. The van der Waals surface area contributed by atoms with Crippen LogP contribution in [0.3, 0.4) is 0 Å². The van der Waals surface area contributed by atoms with E-state index in [-0.39, 0.29) is 32.1 Å². The molecule has 1 heterocycles. The van der Waals surface area contributed by atoms with E-state index < -0.39 is 96.5 Å². The van der Waals surface area contributed by atoms with Crippen LogP contribution in [0, 0.1) is 0 Å². The Labute approximate surface area is 394 Å². The number of carboxylic acid groups (broad SMARTS) is 2. The van der Waals surface area contributed by atoms with Gasteiger partial charge in [0, 0.05) is 36.4 Å². The number of primary amides is 1. The van der Waals surface area contributed by atoms with Crippen molar-refractivity contribution >= 4 is 64.2 Å². The molecule has 19 nitrogen and oxygen atoms in total. The lowest BCUT2D eigenvalue weighted by Gasteiger charge is -2.26. The number of hydrogen-bond acceptors (Lipinski definition) is 9. The van der Waals surface area contributed by atoms with Gasteiger partial charge in [-0.2, -0.15) is 0 Å². The molecule has 0 aliphatic rings. The van der Waals surface area contributed by atoms with Gasteiger partial charge in [0.2, 0.25) is 41.4 Å². The molecular formula is C49H62N8O11. The summed E-state index contributed by atoms with van der Waals surface area (Å²) in [5.74, 6) is -7.68. The lowest BCUT2D eigenvalue weighted by molar-refractivity contribution is -0.141. The number of amides is 7. The number of carbonyl (C=O) groups excluding carboxylic acids is 7. The van der Waals surface area contributed by atoms with Gasteiger partial charge in [0.05, 0.1) is 19.4 Å². The molecule has 4 aromatic rings. The van der Waals surface area contributed by atoms with Gasteiger partial charge in [0.1, 0.15) is 30.2 Å². The van der Waals surface area contributed by atoms with E-state index in [0.29, 0.717) is 48.8 Å². The average Bonchev–Trinajstić information content (AvgIpc) is 3.72. The first-order chi connectivity index (χ1) is 32.6. The average molecular weight is 939 g/mol. The van der Waals surface area contributed by atoms with Crippen LogP contribution in [-0.2, 0) is 68.8 Å². The Kier molecular flexibility index (Phi) is 21.2. The fourth-order valence-electron chi connectivity index (χ4n) is 7.42. The lowest BCUT2D eigenvalue weighted by atomic mass is 10.0. The fraction of sp³-hybridized carbons (Fsp3) is 0.408. The van der Waals surface area contributed by atoms with Crippen LogP contribution in [0.4, 0.5) is 0 Å². The van der Waals surface area contributed by atoms with Crippen molar-refractivity contribution in [2.45, 2.75) is 121 Å². The van der Waals surface area contributed by atoms with Crippen molar-refractivity contribution in [2.24, 2.45) is 5.73 Å². The molecule has 0 radical (unpaired) electrons. The maximum Gasteiger partial charge on any atom is 0.307 e. The summed E-state index contributed by atoms with van der Waals surface area (Å²) in [6, 6.07) is 16.3. The van der Waals surface area contributed by atoms with Crippen molar-refractivity contribution in [3.63, 3.8) is 0 Å². The number of aryl methyl sites for hydroxylation is 1. The van der Waals surface area contributed by atoms with Gasteiger partial charge < -0.3 is 52.8 Å². The fourth-order valence-corrected chi connectivity index (χ4v) is 7.42. The first-order valence-corrected chi connectivity index (χ1v) is 22.7. The highest BCUT2D eigenvalue weighted by Gasteiger charge is 2.33. The highest BCUT2D eigenvalue weighted by atomic mass is 16.4. The molecule has 0 saturated carbocycles. The maximum atomic E-state index is 14.2. The zero-order valence-electron chi connectivity index (χ0n) is 38.3. The zero-order chi connectivity index (χ0) is 49.6. The number of benzene rings is 3. The van der Waals surface area contributed by atoms with Gasteiger partial charge in [-0.15, -0.1) is 0 Å². The minimum atomic E-state index is -1.67. The number of aromatic nitrogens is 1. The van der Waals surface area contributed by atoms with E-state index in [9.17, 15) is 48.3 Å². The molecule has 1 aromatic heterocycles. The van der Waals surface area contributed by atoms with E-state index >= 15 is 0 Å². The van der Waals surface area contributed by atoms with Crippen LogP contribution in [0.15, 0.2) is 85.1 Å². The lowest BCUT2D eigenvalue weighted by Crippen LogP contribution is -2.59. The molecule has 0 fully saturated rings. The maximum absolute atomic E-state index is 14.2. The molecule has 4 rings (SSSR count). The second kappa shape index (κ2) is 27.2. The molecular weight excluding hydrogens is 877 g/mol. The number of carbonyl (C=O) groups is 9. The summed E-state index contributed by atoms with van der Waals surface area (Å²) in [5.41, 5.74) is 9.09. The predicted octanol–water partition coefficient (Wildman–Crippen LogP) is 2.09. The second-order valence-electron chi connectivity index (χ2n) is 16.6. The number of hydrogen-bond donors (Lipinski definition) is 10. The molecule has 0 bridgehead atoms. The van der Waals surface area contributed by atoms with E-state index in [1.165, 1.54) is 0 Å². The number of nitrogens with one attached hydrogen (secondary N) is 7. The summed E-state index contributed by atoms with van der Waals surface area (Å²) >= 11 is 0. The van der Waals surface area contributed by atoms with Crippen LogP contribution in [0.2, 0.25) is 0 Å². The van der Waals surface area contributed by atoms with Crippen LogP contribution >= 0.6 is 0 Å². The molecule has 7 amide bonds. The van der Waals surface area contributed by atoms with Gasteiger partial charge in [0.25, 0.3) is 0 Å². The second-order valence-corrected chi connectivity index (χ2v) is 16.6. The van der Waals surface area contributed by atoms with Crippen molar-refractivity contribution in [1.29, 1.82) is 0 Å². The molecule has 5 unspecified atom stereocenters. The summed E-state index contributed by atoms with van der Waals surface area (Å²) in [5, 5.41) is 35.0. The van der Waals surface area contributed by atoms with Crippen molar-refractivity contribution in [1.82, 2.24) is 36.9 Å². The largest absolute Gasteiger partial charge is 0.481 e. The van der Waals surface area contributed by atoms with Crippen molar-refractivity contribution in [3.8, 4) is 0 Å². The number of carboxylic acids is 2. The molecule has 5 atom stereocenters. The number of fused-ring (bicyclic) bond motifs is 1. The zero-order valence-corrected chi connectivity index (χ0v) is 38.3. The normalized spacial score (nSPS) is 13.1. The van der Waals surface area contributed by atoms with Crippen LogP contribution in [-0.4, -0.2) is 105 Å². The number of nitrogens with two attached hydrogens (primary N) is 1. The molecule has 19 heteroatoms. The summed E-state index contributed by atoms with van der Waals surface area (Å²) in [7, 11) is 0. The third-order valence-corrected chi connectivity index (χ3v) is 11.1. The van der Waals surface area contributed by atoms with Crippen LogP contribution in [0.1, 0.15) is 87.5 Å². The Hall–Kier alpha value is -7.57. The number of para-hydroxylation sites is 1. The van der Waals surface area contributed by atoms with E-state index in [1.807, 2.05) is 32.0 Å². The van der Waals surface area contributed by atoms with Gasteiger partial charge in [-0.25, -0.2) is 0 Å². The quantitative estimate of drug-likeness (QED) is 0.0376. The summed E-state index contributed by atoms with van der Waals surface area (Å²) in [4.78, 5) is 120. The molecule has 68 heavy (non-hydrogen) atoms. The van der Waals surface area contributed by atoms with Crippen molar-refractivity contribution in [3.05, 3.63) is 107 Å². The monoisotopic (exact) mass is 938 g/mol. The Balaban J connectivity index is 1.46.